The van der Waals surface area contributed by atoms with E-state index < -0.39 is 11.6 Å². The van der Waals surface area contributed by atoms with Crippen molar-refractivity contribution in [1.82, 2.24) is 9.55 Å². The van der Waals surface area contributed by atoms with Gasteiger partial charge in [0, 0.05) is 15.7 Å². The van der Waals surface area contributed by atoms with Gasteiger partial charge in [0.2, 0.25) is 0 Å². The summed E-state index contributed by atoms with van der Waals surface area (Å²) in [5.74, 6) is -0.727. The lowest BCUT2D eigenvalue weighted by Gasteiger charge is -2.09. The van der Waals surface area contributed by atoms with Gasteiger partial charge < -0.3 is 0 Å². The van der Waals surface area contributed by atoms with Crippen LogP contribution in [-0.2, 0) is 5.88 Å². The zero-order valence-corrected chi connectivity index (χ0v) is 13.0. The Morgan fingerprint density at radius 1 is 1.20 bits per heavy atom. The monoisotopic (exact) mass is 404 g/mol. The molecule has 102 valence electrons. The van der Waals surface area contributed by atoms with Crippen LogP contribution in [0.1, 0.15) is 5.82 Å². The highest BCUT2D eigenvalue weighted by molar-refractivity contribution is 14.1. The van der Waals surface area contributed by atoms with Gasteiger partial charge in [-0.3, -0.25) is 4.57 Å². The van der Waals surface area contributed by atoms with Crippen molar-refractivity contribution < 1.29 is 8.78 Å². The van der Waals surface area contributed by atoms with E-state index in [4.69, 9.17) is 11.6 Å². The number of aromatic nitrogens is 2. The van der Waals surface area contributed by atoms with Crippen LogP contribution in [0.4, 0.5) is 8.78 Å². The molecule has 0 radical (unpaired) electrons. The molecule has 6 heteroatoms. The van der Waals surface area contributed by atoms with Crippen molar-refractivity contribution in [1.29, 1.82) is 0 Å². The Bertz CT molecular complexity index is 801. The van der Waals surface area contributed by atoms with Crippen molar-refractivity contribution in [2.45, 2.75) is 5.88 Å². The Kier molecular flexibility index (Phi) is 3.64. The number of hydrogen-bond acceptors (Lipinski definition) is 1. The van der Waals surface area contributed by atoms with Gasteiger partial charge in [-0.2, -0.15) is 0 Å². The van der Waals surface area contributed by atoms with Gasteiger partial charge in [0.25, 0.3) is 0 Å². The predicted molar refractivity (Wildman–Crippen MR) is 83.3 cm³/mol. The number of nitrogens with zero attached hydrogens (tertiary/aromatic N) is 2. The Labute approximate surface area is 132 Å². The average molecular weight is 405 g/mol. The topological polar surface area (TPSA) is 17.8 Å². The molecule has 0 spiro atoms. The van der Waals surface area contributed by atoms with E-state index in [1.807, 2.05) is 24.3 Å². The summed E-state index contributed by atoms with van der Waals surface area (Å²) in [6.45, 7) is 0. The maximum Gasteiger partial charge on any atom is 0.153 e. The minimum Gasteiger partial charge on any atom is -0.294 e. The summed E-state index contributed by atoms with van der Waals surface area (Å²) in [6.07, 6.45) is 0. The van der Waals surface area contributed by atoms with Crippen LogP contribution in [0.2, 0.25) is 0 Å². The molecular weight excluding hydrogens is 397 g/mol. The molecule has 0 aliphatic carbocycles. The van der Waals surface area contributed by atoms with Gasteiger partial charge in [-0.05, 0) is 34.7 Å². The first-order valence-electron chi connectivity index (χ1n) is 5.79. The first-order chi connectivity index (χ1) is 9.61. The highest BCUT2D eigenvalue weighted by Crippen LogP contribution is 2.27. The Morgan fingerprint density at radius 2 is 1.95 bits per heavy atom. The minimum atomic E-state index is -0.684. The van der Waals surface area contributed by atoms with Crippen LogP contribution in [0.5, 0.6) is 0 Å². The number of benzene rings is 2. The summed E-state index contributed by atoms with van der Waals surface area (Å²) < 4.78 is 30.0. The van der Waals surface area contributed by atoms with Gasteiger partial charge in [0.05, 0.1) is 17.1 Å². The fraction of sp³-hybridized carbons (Fsp3) is 0.0714. The SMILES string of the molecule is Fc1cc(F)c2nc(CCl)n(-c3ccccc3I)c2c1. The van der Waals surface area contributed by atoms with Crippen LogP contribution in [0, 0.1) is 15.2 Å². The standard InChI is InChI=1S/C14H8ClF2IN2/c15-7-13-19-14-9(17)5-8(16)6-12(14)20(13)11-4-2-1-3-10(11)18/h1-6H,7H2. The molecule has 2 nitrogen and oxygen atoms in total. The van der Waals surface area contributed by atoms with Crippen LogP contribution < -0.4 is 0 Å². The summed E-state index contributed by atoms with van der Waals surface area (Å²) >= 11 is 8.06. The molecule has 0 atom stereocenters. The second-order valence-electron chi connectivity index (χ2n) is 4.20. The summed E-state index contributed by atoms with van der Waals surface area (Å²) in [5, 5.41) is 0. The lowest BCUT2D eigenvalue weighted by Crippen LogP contribution is -2.01. The van der Waals surface area contributed by atoms with Gasteiger partial charge in [-0.25, -0.2) is 13.8 Å². The molecule has 3 aromatic rings. The van der Waals surface area contributed by atoms with Crippen molar-refractivity contribution in [2.24, 2.45) is 0 Å². The first kappa shape index (κ1) is 13.8. The summed E-state index contributed by atoms with van der Waals surface area (Å²) in [5.41, 5.74) is 1.31. The third-order valence-corrected chi connectivity index (χ3v) is 4.11. The minimum absolute atomic E-state index is 0.112. The molecule has 0 unspecified atom stereocenters. The van der Waals surface area contributed by atoms with E-state index in [2.05, 4.69) is 27.6 Å². The zero-order valence-electron chi connectivity index (χ0n) is 10.1. The number of imidazole rings is 1. The summed E-state index contributed by atoms with van der Waals surface area (Å²) in [6, 6.07) is 9.62. The second-order valence-corrected chi connectivity index (χ2v) is 5.63. The van der Waals surface area contributed by atoms with E-state index in [-0.39, 0.29) is 11.4 Å². The van der Waals surface area contributed by atoms with Gasteiger partial charge >= 0.3 is 0 Å². The van der Waals surface area contributed by atoms with Crippen molar-refractivity contribution in [3.63, 3.8) is 0 Å². The van der Waals surface area contributed by atoms with Crippen molar-refractivity contribution in [2.75, 3.05) is 0 Å². The van der Waals surface area contributed by atoms with Crippen LogP contribution in [0.25, 0.3) is 16.7 Å². The number of fused-ring (bicyclic) bond motifs is 1. The first-order valence-corrected chi connectivity index (χ1v) is 7.40. The molecule has 0 bridgehead atoms. The van der Waals surface area contributed by atoms with Crippen LogP contribution in [-0.4, -0.2) is 9.55 Å². The third kappa shape index (κ3) is 2.18. The number of rotatable bonds is 2. The second kappa shape index (κ2) is 5.29. The van der Waals surface area contributed by atoms with E-state index in [1.165, 1.54) is 6.07 Å². The summed E-state index contributed by atoms with van der Waals surface area (Å²) in [7, 11) is 0. The van der Waals surface area contributed by atoms with Gasteiger partial charge in [-0.1, -0.05) is 12.1 Å². The maximum atomic E-state index is 13.8. The fourth-order valence-corrected chi connectivity index (χ4v) is 2.95. The Hall–Kier alpha value is -1.21. The molecule has 0 aliphatic heterocycles. The quantitative estimate of drug-likeness (QED) is 0.449. The number of para-hydroxylation sites is 1. The molecule has 0 saturated heterocycles. The molecular formula is C14H8ClF2IN2. The normalized spacial score (nSPS) is 11.2. The Morgan fingerprint density at radius 3 is 2.65 bits per heavy atom. The molecule has 0 saturated carbocycles. The molecule has 0 fully saturated rings. The summed E-state index contributed by atoms with van der Waals surface area (Å²) in [4.78, 5) is 4.18. The zero-order chi connectivity index (χ0) is 14.3. The van der Waals surface area contributed by atoms with Gasteiger partial charge in [-0.15, -0.1) is 11.6 Å². The third-order valence-electron chi connectivity index (χ3n) is 2.96. The number of halogens is 4. The molecule has 20 heavy (non-hydrogen) atoms. The molecule has 0 amide bonds. The fourth-order valence-electron chi connectivity index (χ4n) is 2.14. The van der Waals surface area contributed by atoms with Gasteiger partial charge in [0.1, 0.15) is 17.2 Å². The van der Waals surface area contributed by atoms with Gasteiger partial charge in [0.15, 0.2) is 5.82 Å². The Balaban J connectivity index is 2.42. The largest absolute Gasteiger partial charge is 0.294 e. The smallest absolute Gasteiger partial charge is 0.153 e. The average Bonchev–Trinajstić information content (AvgIpc) is 2.78. The number of alkyl halides is 1. The highest BCUT2D eigenvalue weighted by Gasteiger charge is 2.17. The molecule has 1 aromatic heterocycles. The lowest BCUT2D eigenvalue weighted by atomic mass is 10.2. The van der Waals surface area contributed by atoms with Crippen molar-refractivity contribution >= 4 is 45.2 Å². The molecule has 3 rings (SSSR count). The number of hydrogen-bond donors (Lipinski definition) is 0. The van der Waals surface area contributed by atoms with Crippen molar-refractivity contribution in [3.8, 4) is 5.69 Å². The van der Waals surface area contributed by atoms with Crippen LogP contribution in [0.15, 0.2) is 36.4 Å². The van der Waals surface area contributed by atoms with E-state index in [0.29, 0.717) is 11.3 Å². The van der Waals surface area contributed by atoms with E-state index in [0.717, 1.165) is 15.3 Å². The van der Waals surface area contributed by atoms with E-state index >= 15 is 0 Å². The predicted octanol–water partition coefficient (Wildman–Crippen LogP) is 4.65. The van der Waals surface area contributed by atoms with E-state index in [1.54, 1.807) is 4.57 Å². The molecule has 1 heterocycles. The van der Waals surface area contributed by atoms with Crippen molar-refractivity contribution in [3.05, 3.63) is 57.4 Å². The highest BCUT2D eigenvalue weighted by atomic mass is 127. The molecule has 0 N–H and O–H groups in total. The molecule has 2 aromatic carbocycles. The lowest BCUT2D eigenvalue weighted by molar-refractivity contribution is 0.590. The van der Waals surface area contributed by atoms with Crippen LogP contribution >= 0.6 is 34.2 Å². The van der Waals surface area contributed by atoms with Crippen LogP contribution in [0.3, 0.4) is 0 Å². The maximum absolute atomic E-state index is 13.8. The molecule has 0 aliphatic rings. The van der Waals surface area contributed by atoms with E-state index in [9.17, 15) is 8.78 Å².